The van der Waals surface area contributed by atoms with Crippen molar-refractivity contribution in [2.24, 2.45) is 10.8 Å². The van der Waals surface area contributed by atoms with E-state index >= 15 is 0 Å². The van der Waals surface area contributed by atoms with Crippen molar-refractivity contribution in [3.05, 3.63) is 107 Å². The SMILES string of the molecule is CC(C)(C)C(=O)c1ccc(C(C)(C(=O)c2ccccc2)c2ccc(C(=O)C(C)(C)C)cc2)cc1. The highest BCUT2D eigenvalue weighted by Gasteiger charge is 2.38. The molecule has 3 aromatic carbocycles. The van der Waals surface area contributed by atoms with Crippen molar-refractivity contribution in [1.29, 1.82) is 0 Å². The first kappa shape index (κ1) is 25.3. The first-order chi connectivity index (χ1) is 15.8. The smallest absolute Gasteiger partial charge is 0.177 e. The van der Waals surface area contributed by atoms with Gasteiger partial charge in [-0.25, -0.2) is 0 Å². The van der Waals surface area contributed by atoms with Crippen molar-refractivity contribution >= 4 is 17.3 Å². The van der Waals surface area contributed by atoms with Crippen LogP contribution in [0, 0.1) is 10.8 Å². The molecule has 3 rings (SSSR count). The third-order valence-electron chi connectivity index (χ3n) is 6.30. The summed E-state index contributed by atoms with van der Waals surface area (Å²) in [4.78, 5) is 39.4. The zero-order valence-electron chi connectivity index (χ0n) is 21.2. The lowest BCUT2D eigenvalue weighted by Gasteiger charge is -2.30. The second-order valence-electron chi connectivity index (χ2n) is 11.1. The number of Topliss-reactive ketones (excluding diaryl/α,β-unsaturated/α-hetero) is 3. The first-order valence-electron chi connectivity index (χ1n) is 11.7. The second-order valence-corrected chi connectivity index (χ2v) is 11.1. The maximum absolute atomic E-state index is 13.9. The van der Waals surface area contributed by atoms with E-state index in [0.717, 1.165) is 11.1 Å². The topological polar surface area (TPSA) is 51.2 Å². The fraction of sp³-hybridized carbons (Fsp3) is 0.323. The normalized spacial score (nSPS) is 12.3. The van der Waals surface area contributed by atoms with Gasteiger partial charge in [0.25, 0.3) is 0 Å². The van der Waals surface area contributed by atoms with Crippen LogP contribution in [0.4, 0.5) is 0 Å². The maximum atomic E-state index is 13.9. The Kier molecular flexibility index (Phi) is 6.80. The predicted molar refractivity (Wildman–Crippen MR) is 138 cm³/mol. The Bertz CT molecular complexity index is 1120. The van der Waals surface area contributed by atoms with Gasteiger partial charge in [0, 0.05) is 27.5 Å². The van der Waals surface area contributed by atoms with Crippen molar-refractivity contribution < 1.29 is 14.4 Å². The number of benzene rings is 3. The van der Waals surface area contributed by atoms with Gasteiger partial charge in [-0.2, -0.15) is 0 Å². The average Bonchev–Trinajstić information content (AvgIpc) is 2.81. The van der Waals surface area contributed by atoms with Crippen molar-refractivity contribution in [2.75, 3.05) is 0 Å². The number of carbonyl (C=O) groups is 3. The van der Waals surface area contributed by atoms with Crippen LogP contribution >= 0.6 is 0 Å². The molecule has 3 aromatic rings. The summed E-state index contributed by atoms with van der Waals surface area (Å²) in [6.07, 6.45) is 0. The second kappa shape index (κ2) is 9.13. The number of carbonyl (C=O) groups excluding carboxylic acids is 3. The molecule has 0 aliphatic heterocycles. The molecular weight excluding hydrogens is 420 g/mol. The largest absolute Gasteiger partial charge is 0.294 e. The van der Waals surface area contributed by atoms with Crippen LogP contribution in [0.15, 0.2) is 78.9 Å². The Morgan fingerprint density at radius 1 is 0.441 bits per heavy atom. The lowest BCUT2D eigenvalue weighted by molar-refractivity contribution is 0.0852. The molecule has 0 radical (unpaired) electrons. The molecule has 0 amide bonds. The van der Waals surface area contributed by atoms with Crippen LogP contribution in [0.1, 0.15) is 90.7 Å². The fourth-order valence-electron chi connectivity index (χ4n) is 4.08. The first-order valence-corrected chi connectivity index (χ1v) is 11.7. The number of hydrogen-bond acceptors (Lipinski definition) is 3. The maximum Gasteiger partial charge on any atom is 0.177 e. The molecule has 0 atom stereocenters. The Morgan fingerprint density at radius 3 is 1.09 bits per heavy atom. The quantitative estimate of drug-likeness (QED) is 0.366. The van der Waals surface area contributed by atoms with E-state index in [9.17, 15) is 14.4 Å². The van der Waals surface area contributed by atoms with Gasteiger partial charge < -0.3 is 0 Å². The van der Waals surface area contributed by atoms with Crippen LogP contribution in [-0.2, 0) is 5.41 Å². The summed E-state index contributed by atoms with van der Waals surface area (Å²) in [6.45, 7) is 13.3. The van der Waals surface area contributed by atoms with E-state index < -0.39 is 16.2 Å². The molecule has 176 valence electrons. The van der Waals surface area contributed by atoms with Gasteiger partial charge in [0.05, 0.1) is 5.41 Å². The molecule has 0 aliphatic carbocycles. The Morgan fingerprint density at radius 2 is 0.765 bits per heavy atom. The molecule has 0 saturated heterocycles. The van der Waals surface area contributed by atoms with Crippen LogP contribution in [0.3, 0.4) is 0 Å². The predicted octanol–water partition coefficient (Wildman–Crippen LogP) is 7.33. The molecule has 0 heterocycles. The van der Waals surface area contributed by atoms with Crippen molar-refractivity contribution in [3.8, 4) is 0 Å². The van der Waals surface area contributed by atoms with Crippen LogP contribution in [-0.4, -0.2) is 17.3 Å². The van der Waals surface area contributed by atoms with Gasteiger partial charge in [0.15, 0.2) is 17.3 Å². The van der Waals surface area contributed by atoms with Gasteiger partial charge in [-0.1, -0.05) is 120 Å². The van der Waals surface area contributed by atoms with Gasteiger partial charge in [-0.15, -0.1) is 0 Å². The molecule has 3 heteroatoms. The van der Waals surface area contributed by atoms with E-state index in [2.05, 4.69) is 0 Å². The van der Waals surface area contributed by atoms with E-state index in [1.807, 2.05) is 103 Å². The van der Waals surface area contributed by atoms with Crippen LogP contribution in [0.2, 0.25) is 0 Å². The molecule has 0 N–H and O–H groups in total. The van der Waals surface area contributed by atoms with E-state index in [1.165, 1.54) is 0 Å². The monoisotopic (exact) mass is 454 g/mol. The van der Waals surface area contributed by atoms with Gasteiger partial charge in [-0.05, 0) is 18.1 Å². The number of hydrogen-bond donors (Lipinski definition) is 0. The Labute approximate surface area is 203 Å². The molecule has 0 aliphatic rings. The van der Waals surface area contributed by atoms with Gasteiger partial charge in [0.2, 0.25) is 0 Å². The zero-order chi connectivity index (χ0) is 25.3. The molecular formula is C31H34O3. The van der Waals surface area contributed by atoms with Gasteiger partial charge in [0.1, 0.15) is 0 Å². The summed E-state index contributed by atoms with van der Waals surface area (Å²) in [5, 5.41) is 0. The summed E-state index contributed by atoms with van der Waals surface area (Å²) < 4.78 is 0. The van der Waals surface area contributed by atoms with E-state index in [-0.39, 0.29) is 17.3 Å². The van der Waals surface area contributed by atoms with Gasteiger partial charge >= 0.3 is 0 Å². The molecule has 0 saturated carbocycles. The van der Waals surface area contributed by atoms with Crippen LogP contribution in [0.5, 0.6) is 0 Å². The molecule has 0 bridgehead atoms. The summed E-state index contributed by atoms with van der Waals surface area (Å²) >= 11 is 0. The van der Waals surface area contributed by atoms with Crippen molar-refractivity contribution in [3.63, 3.8) is 0 Å². The average molecular weight is 455 g/mol. The minimum absolute atomic E-state index is 0.0436. The minimum Gasteiger partial charge on any atom is -0.294 e. The fourth-order valence-corrected chi connectivity index (χ4v) is 4.08. The zero-order valence-corrected chi connectivity index (χ0v) is 21.2. The Balaban J connectivity index is 2.12. The summed E-state index contributed by atoms with van der Waals surface area (Å²) in [7, 11) is 0. The molecule has 0 fully saturated rings. The molecule has 0 unspecified atom stereocenters. The van der Waals surface area contributed by atoms with Crippen molar-refractivity contribution in [1.82, 2.24) is 0 Å². The van der Waals surface area contributed by atoms with E-state index in [1.54, 1.807) is 24.3 Å². The highest BCUT2D eigenvalue weighted by Crippen LogP contribution is 2.37. The van der Waals surface area contributed by atoms with Gasteiger partial charge in [-0.3, -0.25) is 14.4 Å². The molecule has 34 heavy (non-hydrogen) atoms. The van der Waals surface area contributed by atoms with E-state index in [0.29, 0.717) is 16.7 Å². The van der Waals surface area contributed by atoms with Crippen LogP contribution in [0.25, 0.3) is 0 Å². The highest BCUT2D eigenvalue weighted by molar-refractivity contribution is 6.07. The Hall–Kier alpha value is -3.33. The minimum atomic E-state index is -0.992. The number of rotatable bonds is 6. The number of ketones is 3. The third kappa shape index (κ3) is 4.94. The molecule has 0 spiro atoms. The molecule has 3 nitrogen and oxygen atoms in total. The lowest BCUT2D eigenvalue weighted by Crippen LogP contribution is -2.34. The summed E-state index contributed by atoms with van der Waals surface area (Å²) in [5.41, 5.74) is 1.47. The van der Waals surface area contributed by atoms with Crippen LogP contribution < -0.4 is 0 Å². The van der Waals surface area contributed by atoms with Crippen molar-refractivity contribution in [2.45, 2.75) is 53.9 Å². The summed E-state index contributed by atoms with van der Waals surface area (Å²) in [6, 6.07) is 23.9. The molecule has 0 aromatic heterocycles. The third-order valence-corrected chi connectivity index (χ3v) is 6.30. The standard InChI is InChI=1S/C31H34O3/c1-29(2,3)26(32)22-13-17-24(18-14-22)31(7,28(34)21-11-9-8-10-12-21)25-19-15-23(16-20-25)27(33)30(4,5)6/h8-20H,1-7H3. The summed E-state index contributed by atoms with van der Waals surface area (Å²) in [5.74, 6) is 0.0678. The lowest BCUT2D eigenvalue weighted by atomic mass is 9.70. The van der Waals surface area contributed by atoms with E-state index in [4.69, 9.17) is 0 Å². The highest BCUT2D eigenvalue weighted by atomic mass is 16.1.